The fraction of sp³-hybridized carbons (Fsp3) is 1.00. The minimum atomic E-state index is -0.998. The van der Waals surface area contributed by atoms with Crippen molar-refractivity contribution in [1.29, 1.82) is 0 Å². The first-order valence-electron chi connectivity index (χ1n) is 3.51. The van der Waals surface area contributed by atoms with Gasteiger partial charge in [-0.15, -0.1) is 0 Å². The van der Waals surface area contributed by atoms with Crippen LogP contribution in [-0.4, -0.2) is 19.8 Å². The van der Waals surface area contributed by atoms with Gasteiger partial charge < -0.3 is 13.6 Å². The Labute approximate surface area is 62.7 Å². The van der Waals surface area contributed by atoms with Crippen LogP contribution in [0.2, 0.25) is 0 Å². The standard InChI is InChI=1S/C6H13O3P/c1-3-7-10-8-4-6(2)5-9-10/h6H,3-5H2,1-2H3. The average molecular weight is 164 g/mol. The van der Waals surface area contributed by atoms with Gasteiger partial charge in [-0.25, -0.2) is 0 Å². The molecule has 0 atom stereocenters. The maximum absolute atomic E-state index is 5.25. The van der Waals surface area contributed by atoms with Gasteiger partial charge in [0.15, 0.2) is 0 Å². The summed E-state index contributed by atoms with van der Waals surface area (Å²) >= 11 is 0. The van der Waals surface area contributed by atoms with Crippen LogP contribution < -0.4 is 0 Å². The van der Waals surface area contributed by atoms with E-state index in [2.05, 4.69) is 6.92 Å². The van der Waals surface area contributed by atoms with Gasteiger partial charge in [0, 0.05) is 5.92 Å². The van der Waals surface area contributed by atoms with Crippen LogP contribution >= 0.6 is 8.60 Å². The van der Waals surface area contributed by atoms with Crippen molar-refractivity contribution in [3.05, 3.63) is 0 Å². The fourth-order valence-corrected chi connectivity index (χ4v) is 1.83. The molecular weight excluding hydrogens is 151 g/mol. The maximum Gasteiger partial charge on any atom is 0.332 e. The van der Waals surface area contributed by atoms with Crippen molar-refractivity contribution in [3.63, 3.8) is 0 Å². The highest BCUT2D eigenvalue weighted by molar-refractivity contribution is 7.41. The topological polar surface area (TPSA) is 27.7 Å². The monoisotopic (exact) mass is 164 g/mol. The van der Waals surface area contributed by atoms with E-state index in [1.807, 2.05) is 6.92 Å². The van der Waals surface area contributed by atoms with Crippen LogP contribution in [0, 0.1) is 5.92 Å². The molecule has 4 heteroatoms. The Hall–Kier alpha value is 0.310. The van der Waals surface area contributed by atoms with Gasteiger partial charge in [0.1, 0.15) is 0 Å². The van der Waals surface area contributed by atoms with Crippen LogP contribution in [0.25, 0.3) is 0 Å². The molecule has 1 heterocycles. The molecular formula is C6H13O3P. The van der Waals surface area contributed by atoms with E-state index in [0.29, 0.717) is 12.5 Å². The summed E-state index contributed by atoms with van der Waals surface area (Å²) in [6, 6.07) is 0. The zero-order chi connectivity index (χ0) is 7.40. The summed E-state index contributed by atoms with van der Waals surface area (Å²) in [5.41, 5.74) is 0. The van der Waals surface area contributed by atoms with E-state index >= 15 is 0 Å². The lowest BCUT2D eigenvalue weighted by Gasteiger charge is -2.24. The Bertz CT molecular complexity index is 91.0. The first kappa shape index (κ1) is 8.41. The molecule has 0 aromatic carbocycles. The summed E-state index contributed by atoms with van der Waals surface area (Å²) < 4.78 is 15.7. The van der Waals surface area contributed by atoms with E-state index < -0.39 is 8.60 Å². The van der Waals surface area contributed by atoms with Crippen molar-refractivity contribution >= 4 is 8.60 Å². The van der Waals surface area contributed by atoms with E-state index in [1.165, 1.54) is 0 Å². The number of rotatable bonds is 2. The molecule has 0 amide bonds. The average Bonchev–Trinajstić information content (AvgIpc) is 1.95. The van der Waals surface area contributed by atoms with Gasteiger partial charge in [0.05, 0.1) is 19.8 Å². The molecule has 60 valence electrons. The van der Waals surface area contributed by atoms with Crippen molar-refractivity contribution in [1.82, 2.24) is 0 Å². The van der Waals surface area contributed by atoms with Crippen LogP contribution in [0.3, 0.4) is 0 Å². The molecule has 0 aromatic rings. The van der Waals surface area contributed by atoms with Crippen molar-refractivity contribution < 1.29 is 13.6 Å². The molecule has 0 bridgehead atoms. The third kappa shape index (κ3) is 2.51. The molecule has 1 aliphatic rings. The van der Waals surface area contributed by atoms with Gasteiger partial charge >= 0.3 is 8.60 Å². The Morgan fingerprint density at radius 3 is 2.60 bits per heavy atom. The van der Waals surface area contributed by atoms with Crippen LogP contribution in [0.1, 0.15) is 13.8 Å². The van der Waals surface area contributed by atoms with Crippen molar-refractivity contribution in [2.75, 3.05) is 19.8 Å². The minimum Gasteiger partial charge on any atom is -0.313 e. The lowest BCUT2D eigenvalue weighted by atomic mass is 10.2. The summed E-state index contributed by atoms with van der Waals surface area (Å²) in [5, 5.41) is 0. The molecule has 1 fully saturated rings. The van der Waals surface area contributed by atoms with Crippen molar-refractivity contribution in [3.8, 4) is 0 Å². The van der Waals surface area contributed by atoms with Crippen LogP contribution in [0.15, 0.2) is 0 Å². The zero-order valence-electron chi connectivity index (χ0n) is 6.37. The van der Waals surface area contributed by atoms with E-state index in [4.69, 9.17) is 13.6 Å². The molecule has 0 aliphatic carbocycles. The van der Waals surface area contributed by atoms with Crippen molar-refractivity contribution in [2.45, 2.75) is 13.8 Å². The summed E-state index contributed by atoms with van der Waals surface area (Å²) in [6.45, 7) is 6.24. The Morgan fingerprint density at radius 2 is 2.10 bits per heavy atom. The summed E-state index contributed by atoms with van der Waals surface area (Å²) in [5.74, 6) is 0.513. The fourth-order valence-electron chi connectivity index (χ4n) is 0.642. The second-order valence-corrected chi connectivity index (χ2v) is 3.56. The number of hydrogen-bond donors (Lipinski definition) is 0. The predicted molar refractivity (Wildman–Crippen MR) is 39.6 cm³/mol. The van der Waals surface area contributed by atoms with E-state index in [9.17, 15) is 0 Å². The van der Waals surface area contributed by atoms with E-state index in [0.717, 1.165) is 13.2 Å². The summed E-state index contributed by atoms with van der Waals surface area (Å²) in [6.07, 6.45) is 0. The van der Waals surface area contributed by atoms with E-state index in [1.54, 1.807) is 0 Å². The quantitative estimate of drug-likeness (QED) is 0.583. The van der Waals surface area contributed by atoms with Crippen LogP contribution in [-0.2, 0) is 13.6 Å². The molecule has 3 nitrogen and oxygen atoms in total. The highest BCUT2D eigenvalue weighted by Gasteiger charge is 2.20. The largest absolute Gasteiger partial charge is 0.332 e. The molecule has 10 heavy (non-hydrogen) atoms. The van der Waals surface area contributed by atoms with Gasteiger partial charge in [-0.05, 0) is 6.92 Å². The lowest BCUT2D eigenvalue weighted by molar-refractivity contribution is 0.0817. The Kier molecular flexibility index (Phi) is 3.57. The molecule has 0 radical (unpaired) electrons. The maximum atomic E-state index is 5.25. The molecule has 0 spiro atoms. The predicted octanol–water partition coefficient (Wildman–Crippen LogP) is 1.93. The SMILES string of the molecule is CCOP1OCC(C)CO1. The second kappa shape index (κ2) is 4.24. The molecule has 1 aliphatic heterocycles. The summed E-state index contributed by atoms with van der Waals surface area (Å²) in [4.78, 5) is 0. The number of hydrogen-bond acceptors (Lipinski definition) is 3. The van der Waals surface area contributed by atoms with Gasteiger partial charge in [0.2, 0.25) is 0 Å². The molecule has 0 aromatic heterocycles. The lowest BCUT2D eigenvalue weighted by Crippen LogP contribution is -2.16. The molecule has 0 unspecified atom stereocenters. The van der Waals surface area contributed by atoms with Crippen LogP contribution in [0.4, 0.5) is 0 Å². The summed E-state index contributed by atoms with van der Waals surface area (Å²) in [7, 11) is -0.998. The minimum absolute atomic E-state index is 0.513. The second-order valence-electron chi connectivity index (χ2n) is 2.34. The highest BCUT2D eigenvalue weighted by Crippen LogP contribution is 2.43. The first-order chi connectivity index (χ1) is 4.83. The van der Waals surface area contributed by atoms with Gasteiger partial charge in [0.25, 0.3) is 0 Å². The van der Waals surface area contributed by atoms with Gasteiger partial charge in [-0.2, -0.15) is 0 Å². The normalized spacial score (nSPS) is 34.2. The Morgan fingerprint density at radius 1 is 1.50 bits per heavy atom. The van der Waals surface area contributed by atoms with Crippen LogP contribution in [0.5, 0.6) is 0 Å². The third-order valence-electron chi connectivity index (χ3n) is 1.16. The zero-order valence-corrected chi connectivity index (χ0v) is 7.27. The molecule has 1 rings (SSSR count). The van der Waals surface area contributed by atoms with Crippen molar-refractivity contribution in [2.24, 2.45) is 5.92 Å². The molecule has 0 saturated carbocycles. The van der Waals surface area contributed by atoms with Gasteiger partial charge in [-0.3, -0.25) is 0 Å². The third-order valence-corrected chi connectivity index (χ3v) is 2.35. The highest BCUT2D eigenvalue weighted by atomic mass is 31.2. The molecule has 0 N–H and O–H groups in total. The molecule has 1 saturated heterocycles. The Balaban J connectivity index is 2.13. The first-order valence-corrected chi connectivity index (χ1v) is 4.61. The van der Waals surface area contributed by atoms with E-state index in [-0.39, 0.29) is 0 Å². The smallest absolute Gasteiger partial charge is 0.313 e. The van der Waals surface area contributed by atoms with Gasteiger partial charge in [-0.1, -0.05) is 6.92 Å².